The van der Waals surface area contributed by atoms with Gasteiger partial charge in [0.1, 0.15) is 5.78 Å². The molecule has 1 aliphatic carbocycles. The van der Waals surface area contributed by atoms with Crippen molar-refractivity contribution in [1.82, 2.24) is 14.6 Å². The average molecular weight is 384 g/mol. The first-order valence-corrected chi connectivity index (χ1v) is 10.6. The molecule has 1 aliphatic rings. The maximum atomic E-state index is 12.0. The van der Waals surface area contributed by atoms with Crippen molar-refractivity contribution in [3.05, 3.63) is 48.3 Å². The topological polar surface area (TPSA) is 93.4 Å². The number of aromatic nitrogens is 3. The van der Waals surface area contributed by atoms with Gasteiger partial charge in [-0.05, 0) is 44.0 Å². The molecule has 0 radical (unpaired) electrons. The predicted octanol–water partition coefficient (Wildman–Crippen LogP) is 2.68. The molecule has 0 saturated heterocycles. The standard InChI is InChI=1S/C19H20N4O3S/c1-2-27(25,26)22-15-10-8-13(9-11-15)16-4-3-5-19-20-18(21-23(16)19)12-17(24)14-6-7-14/h3-5,8-11,14,22H,2,6-7,12H2,1H3. The number of carbonyl (C=O) groups excluding carboxylic acids is 1. The van der Waals surface area contributed by atoms with Gasteiger partial charge in [-0.2, -0.15) is 5.10 Å². The summed E-state index contributed by atoms with van der Waals surface area (Å²) >= 11 is 0. The molecular formula is C19H20N4O3S. The van der Waals surface area contributed by atoms with Crippen LogP contribution in [0.2, 0.25) is 0 Å². The first-order chi connectivity index (χ1) is 12.9. The van der Waals surface area contributed by atoms with E-state index in [2.05, 4.69) is 14.8 Å². The smallest absolute Gasteiger partial charge is 0.232 e. The highest BCUT2D eigenvalue weighted by Gasteiger charge is 2.30. The maximum Gasteiger partial charge on any atom is 0.232 e. The number of nitrogens with one attached hydrogen (secondary N) is 1. The first-order valence-electron chi connectivity index (χ1n) is 8.93. The van der Waals surface area contributed by atoms with Crippen LogP contribution in [0.1, 0.15) is 25.6 Å². The molecule has 3 aromatic rings. The van der Waals surface area contributed by atoms with Gasteiger partial charge in [0, 0.05) is 17.2 Å². The number of sulfonamides is 1. The number of fused-ring (bicyclic) bond motifs is 1. The molecule has 4 rings (SSSR count). The Morgan fingerprint density at radius 3 is 2.59 bits per heavy atom. The van der Waals surface area contributed by atoms with Crippen LogP contribution in [0.4, 0.5) is 5.69 Å². The molecule has 140 valence electrons. The Morgan fingerprint density at radius 2 is 1.93 bits per heavy atom. The van der Waals surface area contributed by atoms with Crippen molar-refractivity contribution in [1.29, 1.82) is 0 Å². The van der Waals surface area contributed by atoms with Gasteiger partial charge in [-0.25, -0.2) is 17.9 Å². The van der Waals surface area contributed by atoms with E-state index < -0.39 is 10.0 Å². The zero-order valence-corrected chi connectivity index (χ0v) is 15.7. The number of ketones is 1. The van der Waals surface area contributed by atoms with Crippen LogP contribution in [0.15, 0.2) is 42.5 Å². The van der Waals surface area contributed by atoms with E-state index in [0.29, 0.717) is 17.2 Å². The summed E-state index contributed by atoms with van der Waals surface area (Å²) in [5.41, 5.74) is 2.91. The summed E-state index contributed by atoms with van der Waals surface area (Å²) < 4.78 is 27.6. The van der Waals surface area contributed by atoms with E-state index in [1.165, 1.54) is 0 Å². The van der Waals surface area contributed by atoms with Gasteiger partial charge in [0.05, 0.1) is 17.9 Å². The predicted molar refractivity (Wildman–Crippen MR) is 103 cm³/mol. The quantitative estimate of drug-likeness (QED) is 0.676. The molecule has 0 amide bonds. The van der Waals surface area contributed by atoms with Crippen molar-refractivity contribution >= 4 is 27.1 Å². The Labute approximate surface area is 157 Å². The number of carbonyl (C=O) groups is 1. The van der Waals surface area contributed by atoms with Crippen molar-refractivity contribution < 1.29 is 13.2 Å². The van der Waals surface area contributed by atoms with Crippen molar-refractivity contribution in [2.45, 2.75) is 26.2 Å². The second-order valence-electron chi connectivity index (χ2n) is 6.71. The number of hydrogen-bond acceptors (Lipinski definition) is 5. The van der Waals surface area contributed by atoms with E-state index >= 15 is 0 Å². The highest BCUT2D eigenvalue weighted by atomic mass is 32.2. The zero-order valence-electron chi connectivity index (χ0n) is 14.9. The van der Waals surface area contributed by atoms with Crippen LogP contribution >= 0.6 is 0 Å². The first kappa shape index (κ1) is 17.7. The van der Waals surface area contributed by atoms with E-state index in [0.717, 1.165) is 24.1 Å². The monoisotopic (exact) mass is 384 g/mol. The van der Waals surface area contributed by atoms with Gasteiger partial charge >= 0.3 is 0 Å². The molecule has 7 nitrogen and oxygen atoms in total. The minimum absolute atomic E-state index is 0.0232. The minimum atomic E-state index is -3.30. The van der Waals surface area contributed by atoms with Gasteiger partial charge in [-0.15, -0.1) is 0 Å². The fourth-order valence-electron chi connectivity index (χ4n) is 2.91. The maximum absolute atomic E-state index is 12.0. The van der Waals surface area contributed by atoms with Gasteiger partial charge in [-0.3, -0.25) is 9.52 Å². The Morgan fingerprint density at radius 1 is 1.19 bits per heavy atom. The molecule has 8 heteroatoms. The van der Waals surface area contributed by atoms with E-state index in [1.807, 2.05) is 30.3 Å². The normalized spacial score (nSPS) is 14.4. The third-order valence-electron chi connectivity index (χ3n) is 4.60. The Kier molecular flexibility index (Phi) is 4.43. The van der Waals surface area contributed by atoms with Crippen LogP contribution in [0.25, 0.3) is 16.9 Å². The number of Topliss-reactive ketones (excluding diaryl/α,β-unsaturated/α-hetero) is 1. The van der Waals surface area contributed by atoms with Crippen LogP contribution in [0, 0.1) is 5.92 Å². The van der Waals surface area contributed by atoms with Gasteiger partial charge < -0.3 is 0 Å². The summed E-state index contributed by atoms with van der Waals surface area (Å²) in [5, 5.41) is 4.51. The van der Waals surface area contributed by atoms with E-state index in [9.17, 15) is 13.2 Å². The average Bonchev–Trinajstić information content (AvgIpc) is 3.42. The highest BCUT2D eigenvalue weighted by molar-refractivity contribution is 7.92. The molecule has 2 heterocycles. The number of anilines is 1. The Hall–Kier alpha value is -2.74. The lowest BCUT2D eigenvalue weighted by molar-refractivity contribution is -0.119. The lowest BCUT2D eigenvalue weighted by Gasteiger charge is -2.08. The van der Waals surface area contributed by atoms with E-state index in [-0.39, 0.29) is 23.9 Å². The van der Waals surface area contributed by atoms with Crippen molar-refractivity contribution in [3.8, 4) is 11.3 Å². The SMILES string of the molecule is CCS(=O)(=O)Nc1ccc(-c2cccc3nc(CC(=O)C4CC4)nn23)cc1. The molecule has 0 aliphatic heterocycles. The Balaban J connectivity index is 1.62. The summed E-state index contributed by atoms with van der Waals surface area (Å²) in [6.45, 7) is 1.59. The zero-order chi connectivity index (χ0) is 19.0. The molecule has 1 N–H and O–H groups in total. The van der Waals surface area contributed by atoms with Crippen molar-refractivity contribution in [3.63, 3.8) is 0 Å². The van der Waals surface area contributed by atoms with Crippen LogP contribution in [0.3, 0.4) is 0 Å². The van der Waals surface area contributed by atoms with Gasteiger partial charge in [-0.1, -0.05) is 18.2 Å². The summed E-state index contributed by atoms with van der Waals surface area (Å²) in [5.74, 6) is 0.956. The second-order valence-corrected chi connectivity index (χ2v) is 8.72. The largest absolute Gasteiger partial charge is 0.299 e. The summed E-state index contributed by atoms with van der Waals surface area (Å²) in [6.07, 6.45) is 2.22. The van der Waals surface area contributed by atoms with Crippen LogP contribution in [-0.4, -0.2) is 34.6 Å². The summed E-state index contributed by atoms with van der Waals surface area (Å²) in [6, 6.07) is 12.8. The van der Waals surface area contributed by atoms with Crippen LogP contribution in [0.5, 0.6) is 0 Å². The fraction of sp³-hybridized carbons (Fsp3) is 0.316. The number of nitrogens with zero attached hydrogens (tertiary/aromatic N) is 3. The lowest BCUT2D eigenvalue weighted by Crippen LogP contribution is -2.14. The molecule has 1 saturated carbocycles. The van der Waals surface area contributed by atoms with E-state index in [4.69, 9.17) is 0 Å². The minimum Gasteiger partial charge on any atom is -0.299 e. The number of pyridine rings is 1. The molecule has 2 aromatic heterocycles. The van der Waals surface area contributed by atoms with Crippen LogP contribution in [-0.2, 0) is 21.2 Å². The third-order valence-corrected chi connectivity index (χ3v) is 5.91. The summed E-state index contributed by atoms with van der Waals surface area (Å²) in [4.78, 5) is 16.5. The molecule has 27 heavy (non-hydrogen) atoms. The van der Waals surface area contributed by atoms with Crippen molar-refractivity contribution in [2.24, 2.45) is 5.92 Å². The summed E-state index contributed by atoms with van der Waals surface area (Å²) in [7, 11) is -3.30. The number of hydrogen-bond donors (Lipinski definition) is 1. The molecule has 0 spiro atoms. The van der Waals surface area contributed by atoms with Gasteiger partial charge in [0.2, 0.25) is 10.0 Å². The lowest BCUT2D eigenvalue weighted by atomic mass is 10.1. The fourth-order valence-corrected chi connectivity index (χ4v) is 3.55. The van der Waals surface area contributed by atoms with E-state index in [1.54, 1.807) is 23.6 Å². The van der Waals surface area contributed by atoms with Gasteiger partial charge in [0.15, 0.2) is 11.5 Å². The molecule has 1 aromatic carbocycles. The highest BCUT2D eigenvalue weighted by Crippen LogP contribution is 2.30. The Bertz CT molecular complexity index is 1100. The van der Waals surface area contributed by atoms with Gasteiger partial charge in [0.25, 0.3) is 0 Å². The second kappa shape index (κ2) is 6.77. The number of benzene rings is 1. The van der Waals surface area contributed by atoms with Crippen LogP contribution < -0.4 is 4.72 Å². The van der Waals surface area contributed by atoms with Crippen molar-refractivity contribution in [2.75, 3.05) is 10.5 Å². The number of rotatable bonds is 7. The molecule has 0 unspecified atom stereocenters. The third kappa shape index (κ3) is 3.85. The molecule has 1 fully saturated rings. The molecule has 0 atom stereocenters. The molecular weight excluding hydrogens is 364 g/mol. The molecule has 0 bridgehead atoms.